The molecule has 1 aromatic rings. The first-order valence-electron chi connectivity index (χ1n) is 7.84. The maximum absolute atomic E-state index is 12.1. The zero-order valence-electron chi connectivity index (χ0n) is 13.7. The third kappa shape index (κ3) is 6.67. The van der Waals surface area contributed by atoms with Crippen molar-refractivity contribution < 1.29 is 9.59 Å². The van der Waals surface area contributed by atoms with Crippen molar-refractivity contribution in [1.82, 2.24) is 15.5 Å². The quantitative estimate of drug-likeness (QED) is 0.687. The van der Waals surface area contributed by atoms with Gasteiger partial charge >= 0.3 is 6.03 Å². The van der Waals surface area contributed by atoms with E-state index in [9.17, 15) is 9.59 Å². The molecule has 2 rings (SSSR count). The number of piperidine rings is 1. The minimum Gasteiger partial charge on any atom is -0.343 e. The van der Waals surface area contributed by atoms with Gasteiger partial charge in [0.05, 0.1) is 0 Å². The Kier molecular flexibility index (Phi) is 9.10. The monoisotopic (exact) mass is 418 g/mol. The van der Waals surface area contributed by atoms with E-state index in [0.29, 0.717) is 24.7 Å². The summed E-state index contributed by atoms with van der Waals surface area (Å²) in [7, 11) is 1.95. The number of nitrogens with zero attached hydrogens (tertiary/aromatic N) is 1. The fourth-order valence-corrected chi connectivity index (χ4v) is 2.83. The number of carbonyl (C=O) groups is 2. The Hall–Kier alpha value is -1.31. The number of benzene rings is 1. The van der Waals surface area contributed by atoms with Crippen LogP contribution in [0.5, 0.6) is 0 Å². The number of anilines is 1. The van der Waals surface area contributed by atoms with Gasteiger partial charge in [-0.15, -0.1) is 12.4 Å². The zero-order valence-corrected chi connectivity index (χ0v) is 16.1. The molecule has 0 radical (unpaired) electrons. The number of urea groups is 1. The normalized spacial score (nSPS) is 14.7. The Labute approximate surface area is 157 Å². The van der Waals surface area contributed by atoms with Gasteiger partial charge in [-0.2, -0.15) is 0 Å². The van der Waals surface area contributed by atoms with Crippen LogP contribution < -0.4 is 16.0 Å². The SMILES string of the molecule is CNC1CCN(C(=O)CCNC(=O)Nc2ccc(Br)cc2)CC1.Cl. The number of likely N-dealkylation sites (tertiary alicyclic amines) is 1. The molecule has 6 nitrogen and oxygen atoms in total. The van der Waals surface area contributed by atoms with Gasteiger partial charge in [-0.25, -0.2) is 4.79 Å². The fraction of sp³-hybridized carbons (Fsp3) is 0.500. The predicted octanol–water partition coefficient (Wildman–Crippen LogP) is 2.59. The fourth-order valence-electron chi connectivity index (χ4n) is 2.57. The molecule has 0 spiro atoms. The molecule has 1 heterocycles. The van der Waals surface area contributed by atoms with Gasteiger partial charge in [0.25, 0.3) is 0 Å². The first-order valence-corrected chi connectivity index (χ1v) is 8.63. The van der Waals surface area contributed by atoms with Crippen LogP contribution in [0.4, 0.5) is 10.5 Å². The van der Waals surface area contributed by atoms with Gasteiger partial charge < -0.3 is 20.9 Å². The van der Waals surface area contributed by atoms with Crippen molar-refractivity contribution in [3.8, 4) is 0 Å². The van der Waals surface area contributed by atoms with E-state index in [4.69, 9.17) is 0 Å². The van der Waals surface area contributed by atoms with E-state index < -0.39 is 0 Å². The molecular formula is C16H24BrClN4O2. The largest absolute Gasteiger partial charge is 0.343 e. The molecule has 0 unspecified atom stereocenters. The summed E-state index contributed by atoms with van der Waals surface area (Å²) in [6.07, 6.45) is 2.30. The van der Waals surface area contributed by atoms with Crippen molar-refractivity contribution in [3.05, 3.63) is 28.7 Å². The topological polar surface area (TPSA) is 73.5 Å². The van der Waals surface area contributed by atoms with Gasteiger partial charge in [0, 0.05) is 42.3 Å². The molecule has 1 aliphatic heterocycles. The second-order valence-electron chi connectivity index (χ2n) is 5.58. The van der Waals surface area contributed by atoms with Crippen LogP contribution >= 0.6 is 28.3 Å². The second-order valence-corrected chi connectivity index (χ2v) is 6.50. The van der Waals surface area contributed by atoms with Crippen molar-refractivity contribution in [1.29, 1.82) is 0 Å². The van der Waals surface area contributed by atoms with Crippen molar-refractivity contribution in [2.75, 3.05) is 32.0 Å². The Morgan fingerprint density at radius 2 is 1.83 bits per heavy atom. The number of hydrogen-bond acceptors (Lipinski definition) is 3. The van der Waals surface area contributed by atoms with Crippen LogP contribution in [0.2, 0.25) is 0 Å². The van der Waals surface area contributed by atoms with Crippen LogP contribution in [0.3, 0.4) is 0 Å². The minimum absolute atomic E-state index is 0. The van der Waals surface area contributed by atoms with E-state index in [-0.39, 0.29) is 24.3 Å². The lowest BCUT2D eigenvalue weighted by molar-refractivity contribution is -0.132. The number of hydrogen-bond donors (Lipinski definition) is 3. The molecule has 8 heteroatoms. The Balaban J connectivity index is 0.00000288. The molecule has 1 aliphatic rings. The van der Waals surface area contributed by atoms with Crippen molar-refractivity contribution in [3.63, 3.8) is 0 Å². The number of amides is 3. The molecule has 0 bridgehead atoms. The van der Waals surface area contributed by atoms with Crippen LogP contribution in [-0.2, 0) is 4.79 Å². The highest BCUT2D eigenvalue weighted by molar-refractivity contribution is 9.10. The molecule has 24 heavy (non-hydrogen) atoms. The van der Waals surface area contributed by atoms with Crippen molar-refractivity contribution in [2.45, 2.75) is 25.3 Å². The van der Waals surface area contributed by atoms with Gasteiger partial charge in [0.2, 0.25) is 5.91 Å². The lowest BCUT2D eigenvalue weighted by Gasteiger charge is -2.31. The van der Waals surface area contributed by atoms with Gasteiger partial charge in [-0.1, -0.05) is 15.9 Å². The molecule has 1 aromatic carbocycles. The summed E-state index contributed by atoms with van der Waals surface area (Å²) in [5.74, 6) is 0.100. The van der Waals surface area contributed by atoms with Crippen LogP contribution in [0.1, 0.15) is 19.3 Å². The average molecular weight is 420 g/mol. The maximum atomic E-state index is 12.1. The molecule has 0 atom stereocenters. The lowest BCUT2D eigenvalue weighted by Crippen LogP contribution is -2.44. The summed E-state index contributed by atoms with van der Waals surface area (Å²) in [6, 6.07) is 7.53. The summed E-state index contributed by atoms with van der Waals surface area (Å²) >= 11 is 3.34. The van der Waals surface area contributed by atoms with Crippen LogP contribution in [-0.4, -0.2) is 49.6 Å². The molecule has 1 saturated heterocycles. The Morgan fingerprint density at radius 1 is 1.21 bits per heavy atom. The van der Waals surface area contributed by atoms with Crippen molar-refractivity contribution >= 4 is 46.0 Å². The average Bonchev–Trinajstić information content (AvgIpc) is 2.57. The van der Waals surface area contributed by atoms with E-state index in [0.717, 1.165) is 30.4 Å². The molecule has 134 valence electrons. The highest BCUT2D eigenvalue weighted by Crippen LogP contribution is 2.14. The molecule has 0 aliphatic carbocycles. The standard InChI is InChI=1S/C16H23BrN4O2.ClH/c1-18-13-7-10-21(11-8-13)15(22)6-9-19-16(23)20-14-4-2-12(17)3-5-14;/h2-5,13,18H,6-11H2,1H3,(H2,19,20,23);1H. The third-order valence-corrected chi connectivity index (χ3v) is 4.51. The van der Waals surface area contributed by atoms with E-state index >= 15 is 0 Å². The Bertz CT molecular complexity index is 533. The van der Waals surface area contributed by atoms with E-state index in [1.54, 1.807) is 12.1 Å². The van der Waals surface area contributed by atoms with Gasteiger partial charge in [0.1, 0.15) is 0 Å². The Morgan fingerprint density at radius 3 is 2.42 bits per heavy atom. The smallest absolute Gasteiger partial charge is 0.319 e. The third-order valence-electron chi connectivity index (χ3n) is 3.98. The van der Waals surface area contributed by atoms with Crippen molar-refractivity contribution in [2.24, 2.45) is 0 Å². The number of carbonyl (C=O) groups excluding carboxylic acids is 2. The molecule has 1 fully saturated rings. The highest BCUT2D eigenvalue weighted by Gasteiger charge is 2.21. The van der Waals surface area contributed by atoms with E-state index in [1.807, 2.05) is 24.1 Å². The van der Waals surface area contributed by atoms with Gasteiger partial charge in [0.15, 0.2) is 0 Å². The summed E-state index contributed by atoms with van der Waals surface area (Å²) in [6.45, 7) is 1.91. The molecule has 3 N–H and O–H groups in total. The summed E-state index contributed by atoms with van der Waals surface area (Å²) in [5.41, 5.74) is 0.714. The van der Waals surface area contributed by atoms with Crippen LogP contribution in [0.15, 0.2) is 28.7 Å². The number of halogens is 2. The number of nitrogens with one attached hydrogen (secondary N) is 3. The predicted molar refractivity (Wildman–Crippen MR) is 102 cm³/mol. The van der Waals surface area contributed by atoms with Crippen LogP contribution in [0, 0.1) is 0 Å². The molecule has 3 amide bonds. The first-order chi connectivity index (χ1) is 11.1. The lowest BCUT2D eigenvalue weighted by atomic mass is 10.1. The second kappa shape index (κ2) is 10.5. The summed E-state index contributed by atoms with van der Waals surface area (Å²) in [4.78, 5) is 25.7. The van der Waals surface area contributed by atoms with Gasteiger partial charge in [-0.05, 0) is 44.2 Å². The molecular weight excluding hydrogens is 396 g/mol. The zero-order chi connectivity index (χ0) is 16.7. The number of rotatable bonds is 5. The minimum atomic E-state index is -0.297. The van der Waals surface area contributed by atoms with Gasteiger partial charge in [-0.3, -0.25) is 4.79 Å². The first kappa shape index (κ1) is 20.7. The van der Waals surface area contributed by atoms with Crippen LogP contribution in [0.25, 0.3) is 0 Å². The van der Waals surface area contributed by atoms with E-state index in [2.05, 4.69) is 31.9 Å². The molecule has 0 aromatic heterocycles. The summed E-state index contributed by atoms with van der Waals surface area (Å²) < 4.78 is 0.955. The highest BCUT2D eigenvalue weighted by atomic mass is 79.9. The van der Waals surface area contributed by atoms with E-state index in [1.165, 1.54) is 0 Å². The molecule has 0 saturated carbocycles. The summed E-state index contributed by atoms with van der Waals surface area (Å²) in [5, 5.41) is 8.69. The maximum Gasteiger partial charge on any atom is 0.319 e.